The first kappa shape index (κ1) is 20.3. The summed E-state index contributed by atoms with van der Waals surface area (Å²) >= 11 is 1.57. The molecular formula is C24H26N4OS. The minimum atomic E-state index is -0.0696. The van der Waals surface area contributed by atoms with Crippen LogP contribution in [0.1, 0.15) is 18.3 Å². The van der Waals surface area contributed by atoms with E-state index in [2.05, 4.69) is 58.1 Å². The van der Waals surface area contributed by atoms with Crippen LogP contribution in [0.3, 0.4) is 0 Å². The Morgan fingerprint density at radius 1 is 1.00 bits per heavy atom. The number of H-pyrrole nitrogens is 1. The van der Waals surface area contributed by atoms with Crippen LogP contribution in [0.4, 0.5) is 5.69 Å². The highest BCUT2D eigenvalue weighted by atomic mass is 32.1. The molecule has 2 aromatic heterocycles. The van der Waals surface area contributed by atoms with Gasteiger partial charge in [-0.3, -0.25) is 9.69 Å². The van der Waals surface area contributed by atoms with E-state index in [0.29, 0.717) is 17.8 Å². The van der Waals surface area contributed by atoms with Gasteiger partial charge in [0.05, 0.1) is 11.9 Å². The van der Waals surface area contributed by atoms with Gasteiger partial charge < -0.3 is 9.88 Å². The van der Waals surface area contributed by atoms with Crippen LogP contribution in [0.15, 0.2) is 65.5 Å². The first-order valence-corrected chi connectivity index (χ1v) is 10.9. The highest BCUT2D eigenvalue weighted by Crippen LogP contribution is 2.30. The lowest BCUT2D eigenvalue weighted by Crippen LogP contribution is -2.25. The van der Waals surface area contributed by atoms with Gasteiger partial charge in [-0.1, -0.05) is 49.4 Å². The minimum Gasteiger partial charge on any atom is -0.378 e. The van der Waals surface area contributed by atoms with E-state index >= 15 is 0 Å². The molecule has 6 heteroatoms. The van der Waals surface area contributed by atoms with E-state index in [0.717, 1.165) is 28.4 Å². The van der Waals surface area contributed by atoms with E-state index < -0.39 is 0 Å². The van der Waals surface area contributed by atoms with E-state index in [1.807, 2.05) is 38.4 Å². The van der Waals surface area contributed by atoms with Gasteiger partial charge in [0.25, 0.3) is 5.56 Å². The average molecular weight is 419 g/mol. The van der Waals surface area contributed by atoms with Crippen molar-refractivity contribution in [2.24, 2.45) is 0 Å². The fourth-order valence-corrected chi connectivity index (χ4v) is 4.50. The number of hydrogen-bond acceptors (Lipinski definition) is 5. The van der Waals surface area contributed by atoms with E-state index in [4.69, 9.17) is 4.98 Å². The number of aromatic amines is 1. The molecule has 30 heavy (non-hydrogen) atoms. The third-order valence-corrected chi connectivity index (χ3v) is 6.27. The van der Waals surface area contributed by atoms with E-state index in [1.54, 1.807) is 11.3 Å². The molecule has 0 aliphatic carbocycles. The number of thiophene rings is 1. The monoisotopic (exact) mass is 418 g/mol. The SMILES string of the molecule is CCN(Cc1ccc(N(C)C)cc1)Cc1nc2sc(-c3ccccc3)cc2c(=O)[nH]1. The average Bonchev–Trinajstić information content (AvgIpc) is 3.19. The zero-order chi connectivity index (χ0) is 21.1. The molecule has 0 spiro atoms. The smallest absolute Gasteiger partial charge is 0.259 e. The Morgan fingerprint density at radius 2 is 1.73 bits per heavy atom. The van der Waals surface area contributed by atoms with Crippen LogP contribution in [-0.4, -0.2) is 35.5 Å². The minimum absolute atomic E-state index is 0.0696. The van der Waals surface area contributed by atoms with E-state index in [-0.39, 0.29) is 5.56 Å². The summed E-state index contributed by atoms with van der Waals surface area (Å²) in [6.07, 6.45) is 0. The lowest BCUT2D eigenvalue weighted by Gasteiger charge is -2.20. The number of rotatable bonds is 7. The van der Waals surface area contributed by atoms with Gasteiger partial charge in [0.15, 0.2) is 0 Å². The maximum atomic E-state index is 12.7. The van der Waals surface area contributed by atoms with Gasteiger partial charge in [0.1, 0.15) is 10.7 Å². The highest BCUT2D eigenvalue weighted by molar-refractivity contribution is 7.21. The summed E-state index contributed by atoms with van der Waals surface area (Å²) in [5.41, 5.74) is 3.47. The Labute approximate surface area is 180 Å². The summed E-state index contributed by atoms with van der Waals surface area (Å²) in [6.45, 7) is 4.42. The van der Waals surface area contributed by atoms with E-state index in [1.165, 1.54) is 11.3 Å². The fourth-order valence-electron chi connectivity index (χ4n) is 3.44. The molecule has 0 radical (unpaired) electrons. The summed E-state index contributed by atoms with van der Waals surface area (Å²) in [7, 11) is 4.08. The molecule has 1 N–H and O–H groups in total. The summed E-state index contributed by atoms with van der Waals surface area (Å²) in [5, 5.41) is 0.657. The van der Waals surface area contributed by atoms with Crippen molar-refractivity contribution in [1.82, 2.24) is 14.9 Å². The third-order valence-electron chi connectivity index (χ3n) is 5.19. The molecule has 0 fully saturated rings. The lowest BCUT2D eigenvalue weighted by molar-refractivity contribution is 0.264. The van der Waals surface area contributed by atoms with Crippen molar-refractivity contribution in [3.63, 3.8) is 0 Å². The van der Waals surface area contributed by atoms with Crippen molar-refractivity contribution in [1.29, 1.82) is 0 Å². The molecule has 0 atom stereocenters. The summed E-state index contributed by atoms with van der Waals surface area (Å²) in [4.78, 5) is 26.6. The van der Waals surface area contributed by atoms with Crippen LogP contribution < -0.4 is 10.5 Å². The van der Waals surface area contributed by atoms with Crippen molar-refractivity contribution in [3.05, 3.63) is 82.4 Å². The fraction of sp³-hybridized carbons (Fsp3) is 0.250. The van der Waals surface area contributed by atoms with Gasteiger partial charge in [0.2, 0.25) is 0 Å². The quantitative estimate of drug-likeness (QED) is 0.471. The summed E-state index contributed by atoms with van der Waals surface area (Å²) in [6, 6.07) is 20.6. The van der Waals surface area contributed by atoms with Gasteiger partial charge >= 0.3 is 0 Å². The molecular weight excluding hydrogens is 392 g/mol. The number of nitrogens with zero attached hydrogens (tertiary/aromatic N) is 3. The van der Waals surface area contributed by atoms with Crippen molar-refractivity contribution >= 4 is 27.2 Å². The topological polar surface area (TPSA) is 52.2 Å². The van der Waals surface area contributed by atoms with Crippen LogP contribution >= 0.6 is 11.3 Å². The molecule has 0 amide bonds. The van der Waals surface area contributed by atoms with Gasteiger partial charge in [0, 0.05) is 31.2 Å². The van der Waals surface area contributed by atoms with Gasteiger partial charge in [-0.2, -0.15) is 0 Å². The molecule has 2 aromatic carbocycles. The number of aromatic nitrogens is 2. The normalized spacial score (nSPS) is 11.3. The second-order valence-electron chi connectivity index (χ2n) is 7.57. The number of benzene rings is 2. The van der Waals surface area contributed by atoms with Gasteiger partial charge in [-0.25, -0.2) is 4.98 Å². The van der Waals surface area contributed by atoms with Gasteiger partial charge in [-0.05, 0) is 35.9 Å². The molecule has 5 nitrogen and oxygen atoms in total. The van der Waals surface area contributed by atoms with Crippen LogP contribution in [0, 0.1) is 0 Å². The Hall–Kier alpha value is -2.96. The molecule has 0 aliphatic rings. The number of nitrogens with one attached hydrogen (secondary N) is 1. The molecule has 4 rings (SSSR count). The van der Waals surface area contributed by atoms with Gasteiger partial charge in [-0.15, -0.1) is 11.3 Å². The van der Waals surface area contributed by atoms with Crippen LogP contribution in [0.25, 0.3) is 20.7 Å². The zero-order valence-corrected chi connectivity index (χ0v) is 18.4. The largest absolute Gasteiger partial charge is 0.378 e. The summed E-state index contributed by atoms with van der Waals surface area (Å²) < 4.78 is 0. The van der Waals surface area contributed by atoms with Crippen molar-refractivity contribution < 1.29 is 0 Å². The molecule has 4 aromatic rings. The van der Waals surface area contributed by atoms with Crippen molar-refractivity contribution in [2.45, 2.75) is 20.0 Å². The Morgan fingerprint density at radius 3 is 2.40 bits per heavy atom. The van der Waals surface area contributed by atoms with Crippen LogP contribution in [-0.2, 0) is 13.1 Å². The van der Waals surface area contributed by atoms with Crippen molar-refractivity contribution in [2.75, 3.05) is 25.5 Å². The number of anilines is 1. The Bertz CT molecular complexity index is 1180. The first-order chi connectivity index (χ1) is 14.5. The maximum absolute atomic E-state index is 12.7. The zero-order valence-electron chi connectivity index (χ0n) is 17.6. The molecule has 154 valence electrons. The molecule has 2 heterocycles. The Balaban J connectivity index is 1.55. The standard InChI is InChI=1S/C24H26N4OS/c1-4-28(15-17-10-12-19(13-11-17)27(2)3)16-22-25-23(29)20-14-21(30-24(20)26-22)18-8-6-5-7-9-18/h5-14H,4,15-16H2,1-3H3,(H,25,26,29). The van der Waals surface area contributed by atoms with Crippen LogP contribution in [0.2, 0.25) is 0 Å². The lowest BCUT2D eigenvalue weighted by atomic mass is 10.2. The molecule has 0 bridgehead atoms. The predicted octanol–water partition coefficient (Wildman–Crippen LogP) is 4.74. The second-order valence-corrected chi connectivity index (χ2v) is 8.60. The molecule has 0 unspecified atom stereocenters. The number of fused-ring (bicyclic) bond motifs is 1. The highest BCUT2D eigenvalue weighted by Gasteiger charge is 2.13. The predicted molar refractivity (Wildman–Crippen MR) is 126 cm³/mol. The first-order valence-electron chi connectivity index (χ1n) is 10.1. The number of hydrogen-bond donors (Lipinski definition) is 1. The third kappa shape index (κ3) is 4.45. The van der Waals surface area contributed by atoms with Crippen LogP contribution in [0.5, 0.6) is 0 Å². The van der Waals surface area contributed by atoms with E-state index in [9.17, 15) is 4.79 Å². The second kappa shape index (κ2) is 8.81. The maximum Gasteiger partial charge on any atom is 0.259 e. The Kier molecular flexibility index (Phi) is 5.97. The summed E-state index contributed by atoms with van der Waals surface area (Å²) in [5.74, 6) is 0.709. The molecule has 0 saturated carbocycles. The van der Waals surface area contributed by atoms with Crippen molar-refractivity contribution in [3.8, 4) is 10.4 Å². The molecule has 0 saturated heterocycles. The molecule has 0 aliphatic heterocycles.